The van der Waals surface area contributed by atoms with Crippen molar-refractivity contribution in [1.29, 1.82) is 0 Å². The summed E-state index contributed by atoms with van der Waals surface area (Å²) < 4.78 is 5.49. The van der Waals surface area contributed by atoms with Crippen molar-refractivity contribution in [2.75, 3.05) is 19.7 Å². The van der Waals surface area contributed by atoms with Gasteiger partial charge in [-0.1, -0.05) is 42.0 Å². The van der Waals surface area contributed by atoms with Crippen LogP contribution >= 0.6 is 0 Å². The highest BCUT2D eigenvalue weighted by molar-refractivity contribution is 5.78. The lowest BCUT2D eigenvalue weighted by Crippen LogP contribution is -2.40. The molecule has 1 saturated heterocycles. The zero-order valence-electron chi connectivity index (χ0n) is 16.4. The fourth-order valence-electron chi connectivity index (χ4n) is 3.51. The molecule has 2 aromatic carbocycles. The Morgan fingerprint density at radius 1 is 1.04 bits per heavy atom. The molecule has 1 aliphatic heterocycles. The first-order valence-corrected chi connectivity index (χ1v) is 9.91. The van der Waals surface area contributed by atoms with E-state index in [1.54, 1.807) is 0 Å². The van der Waals surface area contributed by atoms with Crippen molar-refractivity contribution in [3.63, 3.8) is 0 Å². The fourth-order valence-corrected chi connectivity index (χ4v) is 3.51. The summed E-state index contributed by atoms with van der Waals surface area (Å²) >= 11 is 0. The van der Waals surface area contributed by atoms with Crippen LogP contribution in [0.2, 0.25) is 0 Å². The van der Waals surface area contributed by atoms with Gasteiger partial charge in [0.1, 0.15) is 5.75 Å². The van der Waals surface area contributed by atoms with Crippen molar-refractivity contribution in [2.45, 2.75) is 39.8 Å². The smallest absolute Gasteiger partial charge is 0.223 e. The minimum absolute atomic E-state index is 0.132. The summed E-state index contributed by atoms with van der Waals surface area (Å²) in [6.45, 7) is 8.25. The monoisotopic (exact) mass is 366 g/mol. The van der Waals surface area contributed by atoms with E-state index in [1.807, 2.05) is 19.1 Å². The van der Waals surface area contributed by atoms with Gasteiger partial charge in [0.2, 0.25) is 5.91 Å². The molecule has 0 saturated carbocycles. The van der Waals surface area contributed by atoms with Crippen molar-refractivity contribution < 1.29 is 9.53 Å². The third kappa shape index (κ3) is 5.83. The number of likely N-dealkylation sites (tertiary alicyclic amines) is 1. The maximum Gasteiger partial charge on any atom is 0.223 e. The van der Waals surface area contributed by atoms with E-state index in [0.717, 1.165) is 43.8 Å². The van der Waals surface area contributed by atoms with Gasteiger partial charge < -0.3 is 10.1 Å². The summed E-state index contributed by atoms with van der Waals surface area (Å²) in [6, 6.07) is 16.6. The molecule has 1 aliphatic rings. The minimum atomic E-state index is 0.132. The molecule has 3 rings (SSSR count). The van der Waals surface area contributed by atoms with Gasteiger partial charge >= 0.3 is 0 Å². The molecule has 0 unspecified atom stereocenters. The first-order valence-electron chi connectivity index (χ1n) is 9.91. The molecular formula is C23H30N2O2. The number of nitrogens with zero attached hydrogens (tertiary/aromatic N) is 1. The van der Waals surface area contributed by atoms with Crippen molar-refractivity contribution in [2.24, 2.45) is 5.92 Å². The molecule has 0 radical (unpaired) electrons. The molecule has 1 amide bonds. The van der Waals surface area contributed by atoms with Crippen LogP contribution in [0.4, 0.5) is 0 Å². The highest BCUT2D eigenvalue weighted by Gasteiger charge is 2.24. The van der Waals surface area contributed by atoms with Crippen LogP contribution < -0.4 is 10.1 Å². The molecule has 4 heteroatoms. The molecule has 1 N–H and O–H groups in total. The van der Waals surface area contributed by atoms with E-state index in [4.69, 9.17) is 4.74 Å². The van der Waals surface area contributed by atoms with Gasteiger partial charge in [0.05, 0.1) is 6.61 Å². The first kappa shape index (κ1) is 19.4. The first-order chi connectivity index (χ1) is 13.1. The number of amides is 1. The Labute approximate surface area is 162 Å². The number of hydrogen-bond acceptors (Lipinski definition) is 3. The largest absolute Gasteiger partial charge is 0.494 e. The van der Waals surface area contributed by atoms with Gasteiger partial charge in [-0.25, -0.2) is 0 Å². The highest BCUT2D eigenvalue weighted by Crippen LogP contribution is 2.20. The number of piperidine rings is 1. The van der Waals surface area contributed by atoms with Crippen LogP contribution in [0.3, 0.4) is 0 Å². The second-order valence-corrected chi connectivity index (χ2v) is 7.33. The maximum atomic E-state index is 12.5. The van der Waals surface area contributed by atoms with Crippen molar-refractivity contribution in [1.82, 2.24) is 10.2 Å². The zero-order chi connectivity index (χ0) is 19.1. The van der Waals surface area contributed by atoms with Crippen molar-refractivity contribution in [3.8, 4) is 5.75 Å². The Bertz CT molecular complexity index is 717. The maximum absolute atomic E-state index is 12.5. The summed E-state index contributed by atoms with van der Waals surface area (Å²) in [6.07, 6.45) is 1.85. The topological polar surface area (TPSA) is 41.6 Å². The molecule has 1 heterocycles. The average molecular weight is 367 g/mol. The van der Waals surface area contributed by atoms with E-state index < -0.39 is 0 Å². The standard InChI is InChI=1S/C23H30N2O2/c1-3-27-22-10-8-20(9-11-22)17-25-14-12-21(13-15-25)23(26)24-16-19-6-4-18(2)5-7-19/h4-11,21H,3,12-17H2,1-2H3,(H,24,26). The van der Waals surface area contributed by atoms with Crippen LogP contribution in [0.15, 0.2) is 48.5 Å². The Balaban J connectivity index is 1.41. The Kier molecular flexibility index (Phi) is 6.88. The van der Waals surface area contributed by atoms with E-state index in [1.165, 1.54) is 11.1 Å². The van der Waals surface area contributed by atoms with Gasteiger partial charge in [-0.05, 0) is 63.0 Å². The molecule has 27 heavy (non-hydrogen) atoms. The molecule has 0 aromatic heterocycles. The SMILES string of the molecule is CCOc1ccc(CN2CCC(C(=O)NCc3ccc(C)cc3)CC2)cc1. The van der Waals surface area contributed by atoms with Crippen LogP contribution in [0, 0.1) is 12.8 Å². The fraction of sp³-hybridized carbons (Fsp3) is 0.435. The molecular weight excluding hydrogens is 336 g/mol. The molecule has 0 atom stereocenters. The van der Waals surface area contributed by atoms with Crippen LogP contribution in [-0.2, 0) is 17.9 Å². The van der Waals surface area contributed by atoms with E-state index in [9.17, 15) is 4.79 Å². The Morgan fingerprint density at radius 2 is 1.67 bits per heavy atom. The molecule has 144 valence electrons. The minimum Gasteiger partial charge on any atom is -0.494 e. The van der Waals surface area contributed by atoms with Crippen LogP contribution in [-0.4, -0.2) is 30.5 Å². The zero-order valence-corrected chi connectivity index (χ0v) is 16.4. The molecule has 0 aliphatic carbocycles. The number of aryl methyl sites for hydroxylation is 1. The number of hydrogen-bond donors (Lipinski definition) is 1. The molecule has 0 bridgehead atoms. The van der Waals surface area contributed by atoms with E-state index in [0.29, 0.717) is 13.2 Å². The lowest BCUT2D eigenvalue weighted by atomic mass is 9.95. The second-order valence-electron chi connectivity index (χ2n) is 7.33. The van der Waals surface area contributed by atoms with Gasteiger partial charge in [0, 0.05) is 19.0 Å². The van der Waals surface area contributed by atoms with E-state index >= 15 is 0 Å². The molecule has 4 nitrogen and oxygen atoms in total. The lowest BCUT2D eigenvalue weighted by Gasteiger charge is -2.31. The Morgan fingerprint density at radius 3 is 2.30 bits per heavy atom. The van der Waals surface area contributed by atoms with E-state index in [2.05, 4.69) is 53.5 Å². The number of nitrogens with one attached hydrogen (secondary N) is 1. The summed E-state index contributed by atoms with van der Waals surface area (Å²) in [5.41, 5.74) is 3.69. The van der Waals surface area contributed by atoms with Crippen LogP contribution in [0.25, 0.3) is 0 Å². The second kappa shape index (κ2) is 9.56. The third-order valence-corrected chi connectivity index (χ3v) is 5.19. The van der Waals surface area contributed by atoms with E-state index in [-0.39, 0.29) is 11.8 Å². The number of rotatable bonds is 7. The van der Waals surface area contributed by atoms with Gasteiger partial charge in [-0.15, -0.1) is 0 Å². The predicted molar refractivity (Wildman–Crippen MR) is 109 cm³/mol. The molecule has 0 spiro atoms. The summed E-state index contributed by atoms with van der Waals surface area (Å²) in [5.74, 6) is 1.24. The quantitative estimate of drug-likeness (QED) is 0.807. The number of ether oxygens (including phenoxy) is 1. The molecule has 1 fully saturated rings. The number of carbonyl (C=O) groups is 1. The average Bonchev–Trinajstić information content (AvgIpc) is 2.70. The highest BCUT2D eigenvalue weighted by atomic mass is 16.5. The number of carbonyl (C=O) groups excluding carboxylic acids is 1. The summed E-state index contributed by atoms with van der Waals surface area (Å²) in [5, 5.41) is 3.10. The third-order valence-electron chi connectivity index (χ3n) is 5.19. The van der Waals surface area contributed by atoms with Crippen LogP contribution in [0.5, 0.6) is 5.75 Å². The molecule has 2 aromatic rings. The van der Waals surface area contributed by atoms with Gasteiger partial charge in [-0.2, -0.15) is 0 Å². The van der Waals surface area contributed by atoms with Crippen molar-refractivity contribution in [3.05, 3.63) is 65.2 Å². The van der Waals surface area contributed by atoms with Gasteiger partial charge in [0.15, 0.2) is 0 Å². The van der Waals surface area contributed by atoms with Crippen LogP contribution in [0.1, 0.15) is 36.5 Å². The Hall–Kier alpha value is -2.33. The lowest BCUT2D eigenvalue weighted by molar-refractivity contribution is -0.126. The summed E-state index contributed by atoms with van der Waals surface area (Å²) in [4.78, 5) is 14.9. The summed E-state index contributed by atoms with van der Waals surface area (Å²) in [7, 11) is 0. The normalized spacial score (nSPS) is 15.5. The number of benzene rings is 2. The van der Waals surface area contributed by atoms with Gasteiger partial charge in [0.25, 0.3) is 0 Å². The predicted octanol–water partition coefficient (Wildman–Crippen LogP) is 3.92. The van der Waals surface area contributed by atoms with Gasteiger partial charge in [-0.3, -0.25) is 9.69 Å². The van der Waals surface area contributed by atoms with Crippen molar-refractivity contribution >= 4 is 5.91 Å².